The molecular weight excluding hydrogens is 440 g/mol. The van der Waals surface area contributed by atoms with Crippen molar-refractivity contribution in [2.45, 2.75) is 52.7 Å². The minimum Gasteiger partial charge on any atom is -0.444 e. The molecule has 7 nitrogen and oxygen atoms in total. The molecule has 2 amide bonds. The first-order valence-corrected chi connectivity index (χ1v) is 12.6. The number of rotatable bonds is 6. The van der Waals surface area contributed by atoms with Crippen LogP contribution in [0.15, 0.2) is 42.6 Å². The van der Waals surface area contributed by atoms with Crippen LogP contribution >= 0.6 is 0 Å². The topological polar surface area (TPSA) is 74.8 Å². The van der Waals surface area contributed by atoms with Crippen molar-refractivity contribution >= 4 is 12.0 Å². The van der Waals surface area contributed by atoms with Gasteiger partial charge in [0.2, 0.25) is 0 Å². The van der Waals surface area contributed by atoms with Crippen LogP contribution in [0, 0.1) is 25.7 Å². The largest absolute Gasteiger partial charge is 0.444 e. The van der Waals surface area contributed by atoms with Crippen LogP contribution in [0.4, 0.5) is 4.79 Å². The zero-order valence-electron chi connectivity index (χ0n) is 21.6. The highest BCUT2D eigenvalue weighted by molar-refractivity contribution is 5.96. The molecule has 1 aromatic carbocycles. The quantitative estimate of drug-likeness (QED) is 0.668. The molecule has 0 bridgehead atoms. The summed E-state index contributed by atoms with van der Waals surface area (Å²) in [5.74, 6) is 1.09. The van der Waals surface area contributed by atoms with Gasteiger partial charge in [-0.25, -0.2) is 4.79 Å². The Labute approximate surface area is 208 Å². The van der Waals surface area contributed by atoms with Gasteiger partial charge in [-0.05, 0) is 70.1 Å². The maximum absolute atomic E-state index is 13.2. The van der Waals surface area contributed by atoms with Crippen LogP contribution in [0.3, 0.4) is 0 Å². The first kappa shape index (κ1) is 25.2. The van der Waals surface area contributed by atoms with Crippen molar-refractivity contribution in [1.29, 1.82) is 0 Å². The Morgan fingerprint density at radius 2 is 1.71 bits per heavy atom. The number of carbonyl (C=O) groups excluding carboxylic acids is 2. The van der Waals surface area contributed by atoms with E-state index in [1.54, 1.807) is 6.20 Å². The number of nitrogens with zero attached hydrogens (tertiary/aromatic N) is 3. The van der Waals surface area contributed by atoms with Gasteiger partial charge in [-0.3, -0.25) is 9.78 Å². The van der Waals surface area contributed by atoms with Crippen molar-refractivity contribution in [2.24, 2.45) is 11.8 Å². The van der Waals surface area contributed by atoms with Gasteiger partial charge >= 0.3 is 6.09 Å². The maximum Gasteiger partial charge on any atom is 0.408 e. The molecule has 1 N–H and O–H groups in total. The standard InChI is InChI=1S/C28H38N4O3/c1-19-11-13-29-20(2)25(19)26(33)32-17-22-15-31(16-23(22)18-32)14-12-24(21-9-7-6-8-10-21)30-27(34)35-28(3,4)5/h6-11,13,22-24H,12,14-18H2,1-5H3,(H,30,34)/t22?,23?,24-/m1/s1. The van der Waals surface area contributed by atoms with Crippen molar-refractivity contribution < 1.29 is 14.3 Å². The summed E-state index contributed by atoms with van der Waals surface area (Å²) in [7, 11) is 0. The smallest absolute Gasteiger partial charge is 0.408 e. The van der Waals surface area contributed by atoms with Crippen LogP contribution in [-0.4, -0.2) is 65.1 Å². The van der Waals surface area contributed by atoms with Crippen LogP contribution in [0.25, 0.3) is 0 Å². The Bertz CT molecular complexity index is 1020. The SMILES string of the molecule is Cc1ccnc(C)c1C(=O)N1CC2CN(CC[C@@H](NC(=O)OC(C)(C)C)c3ccccc3)CC2C1. The van der Waals surface area contributed by atoms with E-state index >= 15 is 0 Å². The third kappa shape index (κ3) is 6.20. The summed E-state index contributed by atoms with van der Waals surface area (Å²) in [6.45, 7) is 14.0. The van der Waals surface area contributed by atoms with Crippen LogP contribution in [0.5, 0.6) is 0 Å². The summed E-state index contributed by atoms with van der Waals surface area (Å²) in [4.78, 5) is 34.5. The van der Waals surface area contributed by atoms with E-state index < -0.39 is 5.60 Å². The molecule has 2 unspecified atom stereocenters. The van der Waals surface area contributed by atoms with Crippen LogP contribution < -0.4 is 5.32 Å². The average molecular weight is 479 g/mol. The predicted octanol–water partition coefficient (Wildman–Crippen LogP) is 4.36. The summed E-state index contributed by atoms with van der Waals surface area (Å²) in [5, 5.41) is 3.07. The second-order valence-corrected chi connectivity index (χ2v) is 11.0. The number of pyridine rings is 1. The van der Waals surface area contributed by atoms with E-state index in [4.69, 9.17) is 4.74 Å². The number of alkyl carbamates (subject to hydrolysis) is 1. The Hall–Kier alpha value is -2.93. The molecule has 188 valence electrons. The van der Waals surface area contributed by atoms with Crippen LogP contribution in [0.1, 0.15) is 60.4 Å². The van der Waals surface area contributed by atoms with Gasteiger partial charge in [-0.15, -0.1) is 0 Å². The predicted molar refractivity (Wildman–Crippen MR) is 136 cm³/mol. The Morgan fingerprint density at radius 1 is 1.06 bits per heavy atom. The van der Waals surface area contributed by atoms with Crippen molar-refractivity contribution in [3.63, 3.8) is 0 Å². The maximum atomic E-state index is 13.2. The normalized spacial score (nSPS) is 21.0. The fourth-order valence-electron chi connectivity index (χ4n) is 5.38. The number of aryl methyl sites for hydroxylation is 2. The van der Waals surface area contributed by atoms with E-state index in [1.807, 2.05) is 75.9 Å². The Morgan fingerprint density at radius 3 is 2.31 bits per heavy atom. The highest BCUT2D eigenvalue weighted by Gasteiger charge is 2.42. The van der Waals surface area contributed by atoms with Gasteiger partial charge in [0, 0.05) is 38.9 Å². The molecule has 4 rings (SSSR count). The minimum absolute atomic E-state index is 0.110. The fourth-order valence-corrected chi connectivity index (χ4v) is 5.38. The first-order valence-electron chi connectivity index (χ1n) is 12.6. The fraction of sp³-hybridized carbons (Fsp3) is 0.536. The van der Waals surface area contributed by atoms with E-state index in [-0.39, 0.29) is 18.0 Å². The zero-order chi connectivity index (χ0) is 25.2. The average Bonchev–Trinajstić information content (AvgIpc) is 3.35. The van der Waals surface area contributed by atoms with Crippen molar-refractivity contribution in [3.05, 3.63) is 65.0 Å². The number of benzene rings is 1. The Kier molecular flexibility index (Phi) is 7.45. The molecule has 0 radical (unpaired) electrons. The van der Waals surface area contributed by atoms with Crippen LogP contribution in [0.2, 0.25) is 0 Å². The summed E-state index contributed by atoms with van der Waals surface area (Å²) in [6, 6.07) is 11.9. The third-order valence-electron chi connectivity index (χ3n) is 7.04. The number of aromatic nitrogens is 1. The van der Waals surface area contributed by atoms with Crippen molar-refractivity contribution in [1.82, 2.24) is 20.1 Å². The van der Waals surface area contributed by atoms with Gasteiger partial charge < -0.3 is 19.9 Å². The molecule has 2 aliphatic heterocycles. The lowest BCUT2D eigenvalue weighted by Crippen LogP contribution is -2.37. The number of carbonyl (C=O) groups is 2. The second kappa shape index (κ2) is 10.4. The van der Waals surface area contributed by atoms with Gasteiger partial charge in [-0.1, -0.05) is 30.3 Å². The highest BCUT2D eigenvalue weighted by atomic mass is 16.6. The van der Waals surface area contributed by atoms with Crippen LogP contribution in [-0.2, 0) is 4.74 Å². The third-order valence-corrected chi connectivity index (χ3v) is 7.04. The van der Waals surface area contributed by atoms with Gasteiger partial charge in [0.05, 0.1) is 17.3 Å². The van der Waals surface area contributed by atoms with E-state index in [0.717, 1.165) is 61.5 Å². The molecule has 1 aromatic heterocycles. The van der Waals surface area contributed by atoms with E-state index in [1.165, 1.54) is 0 Å². The molecule has 0 aliphatic carbocycles. The minimum atomic E-state index is -0.534. The van der Waals surface area contributed by atoms with Gasteiger partial charge in [0.25, 0.3) is 5.91 Å². The van der Waals surface area contributed by atoms with Crippen molar-refractivity contribution in [3.8, 4) is 0 Å². The lowest BCUT2D eigenvalue weighted by molar-refractivity contribution is 0.0498. The molecule has 0 spiro atoms. The molecule has 3 atom stereocenters. The molecule has 0 saturated carbocycles. The molecule has 2 fully saturated rings. The van der Waals surface area contributed by atoms with Gasteiger partial charge in [-0.2, -0.15) is 0 Å². The highest BCUT2D eigenvalue weighted by Crippen LogP contribution is 2.33. The van der Waals surface area contributed by atoms with Crippen molar-refractivity contribution in [2.75, 3.05) is 32.7 Å². The number of hydrogen-bond donors (Lipinski definition) is 1. The molecule has 2 saturated heterocycles. The monoisotopic (exact) mass is 478 g/mol. The number of likely N-dealkylation sites (tertiary alicyclic amines) is 2. The molecule has 3 heterocycles. The number of amides is 2. The molecule has 2 aliphatic rings. The molecule has 35 heavy (non-hydrogen) atoms. The molecule has 2 aromatic rings. The molecule has 7 heteroatoms. The number of nitrogens with one attached hydrogen (secondary N) is 1. The lowest BCUT2D eigenvalue weighted by Gasteiger charge is -2.26. The van der Waals surface area contributed by atoms with E-state index in [9.17, 15) is 9.59 Å². The second-order valence-electron chi connectivity index (χ2n) is 11.0. The summed E-state index contributed by atoms with van der Waals surface area (Å²) >= 11 is 0. The van der Waals surface area contributed by atoms with E-state index in [0.29, 0.717) is 11.8 Å². The Balaban J connectivity index is 1.33. The van der Waals surface area contributed by atoms with Gasteiger partial charge in [0.15, 0.2) is 0 Å². The zero-order valence-corrected chi connectivity index (χ0v) is 21.6. The summed E-state index contributed by atoms with van der Waals surface area (Å²) in [6.07, 6.45) is 2.18. The first-order chi connectivity index (χ1) is 16.6. The molecular formula is C28H38N4O3. The lowest BCUT2D eigenvalue weighted by atomic mass is 10.0. The number of ether oxygens (including phenoxy) is 1. The number of fused-ring (bicyclic) bond motifs is 1. The summed E-state index contributed by atoms with van der Waals surface area (Å²) in [5.41, 5.74) is 3.09. The van der Waals surface area contributed by atoms with Gasteiger partial charge in [0.1, 0.15) is 5.60 Å². The summed E-state index contributed by atoms with van der Waals surface area (Å²) < 4.78 is 5.50. The number of hydrogen-bond acceptors (Lipinski definition) is 5. The van der Waals surface area contributed by atoms with E-state index in [2.05, 4.69) is 15.2 Å².